The second-order valence-electron chi connectivity index (χ2n) is 16.5. The third kappa shape index (κ3) is 22.4. The molecule has 350 valence electrons. The Balaban J connectivity index is 6.51. The van der Waals surface area contributed by atoms with Crippen LogP contribution in [0, 0.1) is 23.7 Å². The van der Waals surface area contributed by atoms with Crippen molar-refractivity contribution in [3.05, 3.63) is 0 Å². The molecule has 21 nitrogen and oxygen atoms in total. The molecule has 16 N–H and O–H groups in total. The molecule has 61 heavy (non-hydrogen) atoms. The van der Waals surface area contributed by atoms with Crippen molar-refractivity contribution in [2.45, 2.75) is 162 Å². The summed E-state index contributed by atoms with van der Waals surface area (Å²) in [6, 6.07) is -8.60. The highest BCUT2D eigenvalue weighted by molar-refractivity contribution is 5.97. The smallest absolute Gasteiger partial charge is 0.326 e. The number of nitrogens with two attached hydrogens (primary N) is 4. The minimum atomic E-state index is -1.46. The van der Waals surface area contributed by atoms with Gasteiger partial charge in [-0.1, -0.05) is 68.2 Å². The van der Waals surface area contributed by atoms with E-state index in [0.29, 0.717) is 32.2 Å². The van der Waals surface area contributed by atoms with Gasteiger partial charge in [0.1, 0.15) is 36.3 Å². The number of hydrogen-bond donors (Lipinski definition) is 12. The van der Waals surface area contributed by atoms with Crippen LogP contribution in [0.2, 0.25) is 0 Å². The Morgan fingerprint density at radius 3 is 1.39 bits per heavy atom. The van der Waals surface area contributed by atoms with Gasteiger partial charge in [-0.15, -0.1) is 0 Å². The molecule has 6 amide bonds. The number of hydrogen-bond acceptors (Lipinski definition) is 11. The molecule has 0 heterocycles. The molecule has 0 aromatic rings. The first kappa shape index (κ1) is 55.9. The van der Waals surface area contributed by atoms with E-state index in [1.54, 1.807) is 20.8 Å². The molecule has 0 radical (unpaired) electrons. The van der Waals surface area contributed by atoms with Crippen molar-refractivity contribution in [1.29, 1.82) is 0 Å². The maximum Gasteiger partial charge on any atom is 0.326 e. The summed E-state index contributed by atoms with van der Waals surface area (Å²) < 4.78 is 0. The molecule has 0 aliphatic carbocycles. The van der Waals surface area contributed by atoms with Gasteiger partial charge in [0.15, 0.2) is 5.96 Å². The molecule has 0 saturated carbocycles. The lowest BCUT2D eigenvalue weighted by Gasteiger charge is -2.31. The maximum atomic E-state index is 14.1. The summed E-state index contributed by atoms with van der Waals surface area (Å²) in [7, 11) is 0. The first-order valence-corrected chi connectivity index (χ1v) is 21.3. The fraction of sp³-hybridized carbons (Fsp3) is 0.775. The Kier molecular flexibility index (Phi) is 26.8. The fourth-order valence-electron chi connectivity index (χ4n) is 6.20. The van der Waals surface area contributed by atoms with Crippen molar-refractivity contribution in [2.75, 3.05) is 13.1 Å². The molecule has 0 rings (SSSR count). The minimum Gasteiger partial charge on any atom is -0.481 e. The average molecular weight is 870 g/mol. The van der Waals surface area contributed by atoms with Crippen LogP contribution >= 0.6 is 0 Å². The van der Waals surface area contributed by atoms with E-state index in [1.165, 1.54) is 0 Å². The van der Waals surface area contributed by atoms with Gasteiger partial charge < -0.3 is 65.0 Å². The molecular weight excluding hydrogens is 795 g/mol. The first-order valence-electron chi connectivity index (χ1n) is 21.3. The van der Waals surface area contributed by atoms with Crippen LogP contribution in [-0.4, -0.2) is 119 Å². The van der Waals surface area contributed by atoms with Crippen molar-refractivity contribution in [1.82, 2.24) is 31.9 Å². The zero-order valence-corrected chi connectivity index (χ0v) is 37.3. The highest BCUT2D eigenvalue weighted by Gasteiger charge is 2.36. The number of nitrogens with zero attached hydrogens (tertiary/aromatic N) is 1. The number of amides is 6. The van der Waals surface area contributed by atoms with Crippen LogP contribution in [0.4, 0.5) is 0 Å². The molecule has 0 spiro atoms. The third-order valence-corrected chi connectivity index (χ3v) is 10.1. The number of aliphatic carboxylic acids is 2. The van der Waals surface area contributed by atoms with Crippen molar-refractivity contribution in [2.24, 2.45) is 51.6 Å². The topological polar surface area (TPSA) is 366 Å². The number of aliphatic imine (C=N–C) groups is 1. The van der Waals surface area contributed by atoms with Crippen LogP contribution in [0.15, 0.2) is 4.99 Å². The summed E-state index contributed by atoms with van der Waals surface area (Å²) in [4.78, 5) is 109. The van der Waals surface area contributed by atoms with Gasteiger partial charge in [-0.05, 0) is 75.2 Å². The lowest BCUT2D eigenvalue weighted by atomic mass is 9.94. The minimum absolute atomic E-state index is 0.00590. The molecule has 9 atom stereocenters. The molecule has 0 aliphatic rings. The molecule has 0 aromatic carbocycles. The SMILES string of the molecule is CCC(C)C(NC(=O)C(CC(C)C)NC(=O)C(NC(=O)C(CCCN=C(N)N)NC(=O)C(N)CC(=O)O)C(C)CC)C(=O)NC(CCCCN)C(=O)NC(CC(C)C)C(=O)O. The Morgan fingerprint density at radius 1 is 0.557 bits per heavy atom. The van der Waals surface area contributed by atoms with E-state index >= 15 is 0 Å². The molecule has 9 unspecified atom stereocenters. The highest BCUT2D eigenvalue weighted by atomic mass is 16.4. The first-order chi connectivity index (χ1) is 28.5. The number of carbonyl (C=O) groups excluding carboxylic acids is 6. The van der Waals surface area contributed by atoms with Gasteiger partial charge in [0.25, 0.3) is 0 Å². The number of unbranched alkanes of at least 4 members (excludes halogenated alkanes) is 1. The van der Waals surface area contributed by atoms with Crippen LogP contribution in [-0.2, 0) is 38.4 Å². The lowest BCUT2D eigenvalue weighted by Crippen LogP contribution is -2.61. The zero-order valence-electron chi connectivity index (χ0n) is 37.3. The summed E-state index contributed by atoms with van der Waals surface area (Å²) >= 11 is 0. The standard InChI is InChI=1S/C40H75N11O10/c1-9-23(7)31(37(58)47-26(14-11-12-16-41)34(55)49-29(39(60)61)19-22(5)6)51-36(57)28(18-21(3)4)48-38(59)32(24(8)10-2)50-35(56)27(15-13-17-45-40(43)44)46-33(54)25(42)20-30(52)53/h21-29,31-32H,9-20,41-42H2,1-8H3,(H,46,54)(H,47,58)(H,48,59)(H,49,55)(H,50,56)(H,51,57)(H,52,53)(H,60,61)(H4,43,44,45). The van der Waals surface area contributed by atoms with Crippen LogP contribution in [0.1, 0.15) is 120 Å². The summed E-state index contributed by atoms with van der Waals surface area (Å²) in [6.07, 6.45) is 1.82. The second kappa shape index (κ2) is 29.2. The van der Waals surface area contributed by atoms with Gasteiger partial charge >= 0.3 is 11.9 Å². The molecule has 0 fully saturated rings. The summed E-state index contributed by atoms with van der Waals surface area (Å²) in [5.74, 6) is -8.27. The van der Waals surface area contributed by atoms with Gasteiger partial charge in [-0.25, -0.2) is 4.79 Å². The predicted molar refractivity (Wildman–Crippen MR) is 230 cm³/mol. The van der Waals surface area contributed by atoms with E-state index in [0.717, 1.165) is 0 Å². The second-order valence-corrected chi connectivity index (χ2v) is 16.5. The zero-order chi connectivity index (χ0) is 47.0. The van der Waals surface area contributed by atoms with Crippen molar-refractivity contribution in [3.63, 3.8) is 0 Å². The summed E-state index contributed by atoms with van der Waals surface area (Å²) in [5.41, 5.74) is 22.2. The molecule has 0 bridgehead atoms. The van der Waals surface area contributed by atoms with Crippen molar-refractivity contribution < 1.29 is 48.6 Å². The molecular formula is C40H75N11O10. The Labute approximate surface area is 359 Å². The number of carboxylic acid groups (broad SMARTS) is 2. The van der Waals surface area contributed by atoms with Gasteiger partial charge in [0, 0.05) is 6.54 Å². The van der Waals surface area contributed by atoms with E-state index in [1.807, 2.05) is 34.6 Å². The number of carbonyl (C=O) groups is 8. The van der Waals surface area contributed by atoms with E-state index in [-0.39, 0.29) is 56.4 Å². The van der Waals surface area contributed by atoms with Crippen LogP contribution in [0.3, 0.4) is 0 Å². The number of carboxylic acids is 2. The van der Waals surface area contributed by atoms with E-state index < -0.39 is 108 Å². The normalized spacial score (nSPS) is 15.7. The van der Waals surface area contributed by atoms with E-state index in [4.69, 9.17) is 28.0 Å². The van der Waals surface area contributed by atoms with Crippen molar-refractivity contribution >= 4 is 53.3 Å². The average Bonchev–Trinajstić information content (AvgIpc) is 3.17. The van der Waals surface area contributed by atoms with Gasteiger partial charge in [-0.2, -0.15) is 0 Å². The van der Waals surface area contributed by atoms with Gasteiger partial charge in [0.05, 0.1) is 12.5 Å². The van der Waals surface area contributed by atoms with E-state index in [9.17, 15) is 43.5 Å². The van der Waals surface area contributed by atoms with Gasteiger partial charge in [0.2, 0.25) is 35.4 Å². The summed E-state index contributed by atoms with van der Waals surface area (Å²) in [5, 5.41) is 34.7. The highest BCUT2D eigenvalue weighted by Crippen LogP contribution is 2.15. The van der Waals surface area contributed by atoms with Gasteiger partial charge in [-0.3, -0.25) is 38.6 Å². The third-order valence-electron chi connectivity index (χ3n) is 10.1. The molecule has 0 aromatic heterocycles. The predicted octanol–water partition coefficient (Wildman–Crippen LogP) is -0.851. The van der Waals surface area contributed by atoms with Crippen LogP contribution < -0.4 is 54.8 Å². The number of guanidine groups is 1. The quantitative estimate of drug-likeness (QED) is 0.0230. The van der Waals surface area contributed by atoms with E-state index in [2.05, 4.69) is 36.9 Å². The maximum absolute atomic E-state index is 14.1. The Morgan fingerprint density at radius 2 is 0.967 bits per heavy atom. The number of nitrogens with one attached hydrogen (secondary N) is 6. The Hall–Kier alpha value is -5.05. The molecule has 21 heteroatoms. The fourth-order valence-corrected chi connectivity index (χ4v) is 6.20. The summed E-state index contributed by atoms with van der Waals surface area (Å²) in [6.45, 7) is 14.8. The van der Waals surface area contributed by atoms with Crippen LogP contribution in [0.25, 0.3) is 0 Å². The largest absolute Gasteiger partial charge is 0.481 e. The number of rotatable bonds is 31. The van der Waals surface area contributed by atoms with Crippen molar-refractivity contribution in [3.8, 4) is 0 Å². The Bertz CT molecular complexity index is 1470. The monoisotopic (exact) mass is 870 g/mol. The van der Waals surface area contributed by atoms with Crippen LogP contribution in [0.5, 0.6) is 0 Å². The molecule has 0 saturated heterocycles. The molecule has 0 aliphatic heterocycles. The lowest BCUT2D eigenvalue weighted by molar-refractivity contribution is -0.143.